The number of nitrogens with one attached hydrogen (secondary N) is 1. The lowest BCUT2D eigenvalue weighted by Crippen LogP contribution is -2.23. The Morgan fingerprint density at radius 3 is 2.50 bits per heavy atom. The lowest BCUT2D eigenvalue weighted by atomic mass is 10.2. The van der Waals surface area contributed by atoms with E-state index in [2.05, 4.69) is 22.3 Å². The van der Waals surface area contributed by atoms with Crippen molar-refractivity contribution in [1.29, 1.82) is 0 Å². The third-order valence-electron chi connectivity index (χ3n) is 3.94. The van der Waals surface area contributed by atoms with E-state index in [9.17, 15) is 0 Å². The monoisotopic (exact) mass is 248 g/mol. The normalized spacial score (nSPS) is 22.0. The molecule has 0 spiro atoms. The molecule has 2 aliphatic rings. The van der Waals surface area contributed by atoms with Gasteiger partial charge in [0, 0.05) is 6.04 Å². The van der Waals surface area contributed by atoms with Gasteiger partial charge in [-0.2, -0.15) is 0 Å². The SMILES string of the molecule is c1cc(CN2CCCCCC2)oc1CNC1CC1. The van der Waals surface area contributed by atoms with E-state index in [1.165, 1.54) is 51.6 Å². The summed E-state index contributed by atoms with van der Waals surface area (Å²) in [7, 11) is 0. The lowest BCUT2D eigenvalue weighted by molar-refractivity contribution is 0.250. The van der Waals surface area contributed by atoms with Gasteiger partial charge in [0.05, 0.1) is 13.1 Å². The van der Waals surface area contributed by atoms with Crippen molar-refractivity contribution in [3.63, 3.8) is 0 Å². The molecule has 3 rings (SSSR count). The third kappa shape index (κ3) is 3.59. The van der Waals surface area contributed by atoms with Crippen LogP contribution in [0, 0.1) is 0 Å². The summed E-state index contributed by atoms with van der Waals surface area (Å²) in [4.78, 5) is 2.53. The molecule has 0 aromatic carbocycles. The Balaban J connectivity index is 1.48. The van der Waals surface area contributed by atoms with Gasteiger partial charge in [-0.05, 0) is 50.9 Å². The van der Waals surface area contributed by atoms with Gasteiger partial charge in [-0.1, -0.05) is 12.8 Å². The van der Waals surface area contributed by atoms with Crippen molar-refractivity contribution in [2.24, 2.45) is 0 Å². The smallest absolute Gasteiger partial charge is 0.118 e. The average molecular weight is 248 g/mol. The molecule has 3 heteroatoms. The number of nitrogens with zero attached hydrogens (tertiary/aromatic N) is 1. The van der Waals surface area contributed by atoms with Crippen LogP contribution in [0.2, 0.25) is 0 Å². The highest BCUT2D eigenvalue weighted by atomic mass is 16.3. The van der Waals surface area contributed by atoms with Crippen molar-refractivity contribution in [2.45, 2.75) is 57.7 Å². The number of furan rings is 1. The van der Waals surface area contributed by atoms with Gasteiger partial charge in [0.2, 0.25) is 0 Å². The quantitative estimate of drug-likeness (QED) is 0.868. The number of hydrogen-bond donors (Lipinski definition) is 1. The van der Waals surface area contributed by atoms with Gasteiger partial charge in [0.25, 0.3) is 0 Å². The third-order valence-corrected chi connectivity index (χ3v) is 3.94. The Morgan fingerprint density at radius 1 is 1.06 bits per heavy atom. The summed E-state index contributed by atoms with van der Waals surface area (Å²) < 4.78 is 5.90. The molecule has 0 unspecified atom stereocenters. The highest BCUT2D eigenvalue weighted by Crippen LogP contribution is 2.20. The number of rotatable bonds is 5. The maximum Gasteiger partial charge on any atom is 0.118 e. The second-order valence-electron chi connectivity index (χ2n) is 5.71. The zero-order valence-electron chi connectivity index (χ0n) is 11.2. The molecule has 2 heterocycles. The van der Waals surface area contributed by atoms with Crippen LogP contribution in [-0.4, -0.2) is 24.0 Å². The summed E-state index contributed by atoms with van der Waals surface area (Å²) in [6.07, 6.45) is 8.15. The van der Waals surface area contributed by atoms with Crippen LogP contribution < -0.4 is 5.32 Å². The van der Waals surface area contributed by atoms with Crippen LogP contribution in [0.5, 0.6) is 0 Å². The minimum absolute atomic E-state index is 0.754. The molecular formula is C15H24N2O. The molecule has 100 valence electrons. The number of hydrogen-bond acceptors (Lipinski definition) is 3. The van der Waals surface area contributed by atoms with Crippen molar-refractivity contribution in [1.82, 2.24) is 10.2 Å². The first kappa shape index (κ1) is 12.2. The van der Waals surface area contributed by atoms with Crippen molar-refractivity contribution in [3.05, 3.63) is 23.7 Å². The molecule has 0 amide bonds. The van der Waals surface area contributed by atoms with Gasteiger partial charge in [-0.15, -0.1) is 0 Å². The van der Waals surface area contributed by atoms with E-state index in [0.29, 0.717) is 0 Å². The fraction of sp³-hybridized carbons (Fsp3) is 0.733. The van der Waals surface area contributed by atoms with Gasteiger partial charge in [0.1, 0.15) is 11.5 Å². The minimum atomic E-state index is 0.754. The average Bonchev–Trinajstić information content (AvgIpc) is 3.14. The molecular weight excluding hydrogens is 224 g/mol. The molecule has 0 radical (unpaired) electrons. The molecule has 1 N–H and O–H groups in total. The first-order valence-electron chi connectivity index (χ1n) is 7.43. The van der Waals surface area contributed by atoms with Crippen LogP contribution in [0.1, 0.15) is 50.0 Å². The molecule has 1 saturated carbocycles. The van der Waals surface area contributed by atoms with E-state index in [1.54, 1.807) is 0 Å². The Morgan fingerprint density at radius 2 is 1.78 bits per heavy atom. The van der Waals surface area contributed by atoms with Crippen LogP contribution in [0.15, 0.2) is 16.5 Å². The topological polar surface area (TPSA) is 28.4 Å². The second kappa shape index (κ2) is 5.89. The van der Waals surface area contributed by atoms with Crippen molar-refractivity contribution < 1.29 is 4.42 Å². The van der Waals surface area contributed by atoms with Crippen molar-refractivity contribution in [2.75, 3.05) is 13.1 Å². The van der Waals surface area contributed by atoms with Gasteiger partial charge in [-0.25, -0.2) is 0 Å². The molecule has 0 atom stereocenters. The summed E-state index contributed by atoms with van der Waals surface area (Å²) in [6, 6.07) is 5.03. The molecule has 1 aromatic rings. The largest absolute Gasteiger partial charge is 0.463 e. The predicted octanol–water partition coefficient (Wildman–Crippen LogP) is 2.91. The van der Waals surface area contributed by atoms with Gasteiger partial charge in [-0.3, -0.25) is 4.90 Å². The van der Waals surface area contributed by atoms with E-state index in [0.717, 1.165) is 30.7 Å². The van der Waals surface area contributed by atoms with E-state index < -0.39 is 0 Å². The van der Waals surface area contributed by atoms with Crippen LogP contribution >= 0.6 is 0 Å². The van der Waals surface area contributed by atoms with E-state index in [1.807, 2.05) is 0 Å². The standard InChI is InChI=1S/C15H24N2O/c1-2-4-10-17(9-3-1)12-15-8-7-14(18-15)11-16-13-5-6-13/h7-8,13,16H,1-6,9-12H2. The van der Waals surface area contributed by atoms with E-state index in [-0.39, 0.29) is 0 Å². The zero-order valence-corrected chi connectivity index (χ0v) is 11.2. The van der Waals surface area contributed by atoms with Crippen molar-refractivity contribution >= 4 is 0 Å². The Labute approximate surface area is 110 Å². The van der Waals surface area contributed by atoms with E-state index in [4.69, 9.17) is 4.42 Å². The molecule has 18 heavy (non-hydrogen) atoms. The summed E-state index contributed by atoms with van der Waals surface area (Å²) in [5, 5.41) is 3.49. The Hall–Kier alpha value is -0.800. The van der Waals surface area contributed by atoms with Gasteiger partial charge in [0.15, 0.2) is 0 Å². The van der Waals surface area contributed by atoms with Crippen LogP contribution in [-0.2, 0) is 13.1 Å². The highest BCUT2D eigenvalue weighted by molar-refractivity contribution is 5.07. The molecule has 1 saturated heterocycles. The predicted molar refractivity (Wildman–Crippen MR) is 72.3 cm³/mol. The van der Waals surface area contributed by atoms with Crippen LogP contribution in [0.4, 0.5) is 0 Å². The number of likely N-dealkylation sites (tertiary alicyclic amines) is 1. The summed E-state index contributed by atoms with van der Waals surface area (Å²) in [5.41, 5.74) is 0. The summed E-state index contributed by atoms with van der Waals surface area (Å²) in [5.74, 6) is 2.22. The fourth-order valence-corrected chi connectivity index (χ4v) is 2.65. The maximum absolute atomic E-state index is 5.90. The summed E-state index contributed by atoms with van der Waals surface area (Å²) >= 11 is 0. The Bertz CT molecular complexity index is 362. The Kier molecular flexibility index (Phi) is 4.01. The molecule has 1 aromatic heterocycles. The molecule has 1 aliphatic heterocycles. The summed E-state index contributed by atoms with van der Waals surface area (Å²) in [6.45, 7) is 4.35. The fourth-order valence-electron chi connectivity index (χ4n) is 2.65. The molecule has 1 aliphatic carbocycles. The highest BCUT2D eigenvalue weighted by Gasteiger charge is 2.20. The molecule has 0 bridgehead atoms. The second-order valence-corrected chi connectivity index (χ2v) is 5.71. The van der Waals surface area contributed by atoms with Gasteiger partial charge < -0.3 is 9.73 Å². The van der Waals surface area contributed by atoms with Crippen LogP contribution in [0.25, 0.3) is 0 Å². The zero-order chi connectivity index (χ0) is 12.2. The minimum Gasteiger partial charge on any atom is -0.463 e. The van der Waals surface area contributed by atoms with Crippen LogP contribution in [0.3, 0.4) is 0 Å². The van der Waals surface area contributed by atoms with Crippen molar-refractivity contribution in [3.8, 4) is 0 Å². The lowest BCUT2D eigenvalue weighted by Gasteiger charge is -2.17. The van der Waals surface area contributed by atoms with Gasteiger partial charge >= 0.3 is 0 Å². The first-order valence-corrected chi connectivity index (χ1v) is 7.43. The molecule has 3 nitrogen and oxygen atoms in total. The maximum atomic E-state index is 5.90. The molecule has 2 fully saturated rings. The first-order chi connectivity index (χ1) is 8.90. The van der Waals surface area contributed by atoms with E-state index >= 15 is 0 Å².